The van der Waals surface area contributed by atoms with Crippen LogP contribution in [-0.2, 0) is 0 Å². The van der Waals surface area contributed by atoms with Crippen LogP contribution in [0.15, 0.2) is 40.9 Å². The molecule has 0 unspecified atom stereocenters. The molecule has 2 rings (SSSR count). The molecule has 0 amide bonds. The van der Waals surface area contributed by atoms with Crippen molar-refractivity contribution < 1.29 is 14.8 Å². The van der Waals surface area contributed by atoms with Crippen molar-refractivity contribution in [3.05, 3.63) is 61.6 Å². The van der Waals surface area contributed by atoms with Crippen molar-refractivity contribution in [3.8, 4) is 11.5 Å². The maximum Gasteiger partial charge on any atom is 0.313 e. The zero-order valence-electron chi connectivity index (χ0n) is 10.9. The largest absolute Gasteiger partial charge is 0.449 e. The molecule has 21 heavy (non-hydrogen) atoms. The maximum absolute atomic E-state index is 11.0. The van der Waals surface area contributed by atoms with E-state index in [9.17, 15) is 15.2 Å². The second-order valence-corrected chi connectivity index (χ2v) is 5.63. The Bertz CT molecular complexity index is 691. The lowest BCUT2D eigenvalue weighted by Gasteiger charge is -2.11. The van der Waals surface area contributed by atoms with Crippen LogP contribution in [-0.4, -0.2) is 10.0 Å². The molecule has 0 bridgehead atoms. The van der Waals surface area contributed by atoms with Crippen molar-refractivity contribution in [2.75, 3.05) is 0 Å². The van der Waals surface area contributed by atoms with Gasteiger partial charge in [0.05, 0.1) is 15.5 Å². The Balaban J connectivity index is 2.37. The zero-order chi connectivity index (χ0) is 15.6. The van der Waals surface area contributed by atoms with Gasteiger partial charge in [-0.3, -0.25) is 10.1 Å². The lowest BCUT2D eigenvalue weighted by Crippen LogP contribution is -1.95. The predicted octanol–water partition coefficient (Wildman–Crippen LogP) is 4.86. The van der Waals surface area contributed by atoms with Crippen molar-refractivity contribution >= 4 is 33.2 Å². The van der Waals surface area contributed by atoms with Crippen LogP contribution in [0, 0.1) is 10.1 Å². The minimum atomic E-state index is -0.611. The Morgan fingerprint density at radius 2 is 1.95 bits per heavy atom. The van der Waals surface area contributed by atoms with Crippen molar-refractivity contribution in [2.45, 2.75) is 13.0 Å². The molecular formula is C14H11BrClNO4. The highest BCUT2D eigenvalue weighted by atomic mass is 79.9. The van der Waals surface area contributed by atoms with E-state index in [1.165, 1.54) is 18.2 Å². The third-order valence-electron chi connectivity index (χ3n) is 2.78. The van der Waals surface area contributed by atoms with E-state index in [1.807, 2.05) is 0 Å². The fourth-order valence-electron chi connectivity index (χ4n) is 1.70. The Kier molecular flexibility index (Phi) is 4.82. The van der Waals surface area contributed by atoms with E-state index in [1.54, 1.807) is 25.1 Å². The average Bonchev–Trinajstić information content (AvgIpc) is 2.42. The molecule has 1 N–H and O–H groups in total. The second kappa shape index (κ2) is 6.43. The molecule has 110 valence electrons. The maximum atomic E-state index is 11.0. The van der Waals surface area contributed by atoms with Crippen LogP contribution in [0.2, 0.25) is 5.02 Å². The van der Waals surface area contributed by atoms with Crippen LogP contribution in [0.5, 0.6) is 11.5 Å². The highest BCUT2D eigenvalue weighted by molar-refractivity contribution is 9.10. The first-order chi connectivity index (χ1) is 9.88. The monoisotopic (exact) mass is 371 g/mol. The molecule has 0 aliphatic heterocycles. The molecule has 7 heteroatoms. The van der Waals surface area contributed by atoms with Gasteiger partial charge in [0, 0.05) is 11.1 Å². The zero-order valence-corrected chi connectivity index (χ0v) is 13.3. The summed E-state index contributed by atoms with van der Waals surface area (Å²) in [6.07, 6.45) is -0.611. The van der Waals surface area contributed by atoms with E-state index in [0.717, 1.165) is 0 Å². The van der Waals surface area contributed by atoms with Gasteiger partial charge in [0.25, 0.3) is 0 Å². The number of ether oxygens (including phenoxy) is 1. The van der Waals surface area contributed by atoms with Crippen molar-refractivity contribution in [2.24, 2.45) is 0 Å². The molecule has 0 saturated carbocycles. The van der Waals surface area contributed by atoms with E-state index < -0.39 is 11.0 Å². The lowest BCUT2D eigenvalue weighted by molar-refractivity contribution is -0.385. The van der Waals surface area contributed by atoms with Crippen LogP contribution in [0.4, 0.5) is 5.69 Å². The van der Waals surface area contributed by atoms with Gasteiger partial charge >= 0.3 is 5.69 Å². The molecular weight excluding hydrogens is 362 g/mol. The Hall–Kier alpha value is -1.63. The normalized spacial score (nSPS) is 12.0. The number of hydrogen-bond donors (Lipinski definition) is 1. The lowest BCUT2D eigenvalue weighted by atomic mass is 10.1. The SMILES string of the molecule is C[C@H](O)c1ccc(Oc2ccc(Cl)cc2[N+](=O)[O-])c(Br)c1. The highest BCUT2D eigenvalue weighted by Crippen LogP contribution is 2.37. The van der Waals surface area contributed by atoms with Crippen molar-refractivity contribution in [3.63, 3.8) is 0 Å². The minimum absolute atomic E-state index is 0.0925. The molecule has 2 aromatic rings. The highest BCUT2D eigenvalue weighted by Gasteiger charge is 2.17. The average molecular weight is 373 g/mol. The standard InChI is InChI=1S/C14H11BrClNO4/c1-8(18)9-2-4-13(11(15)6-9)21-14-5-3-10(16)7-12(14)17(19)20/h2-8,18H,1H3/t8-/m0/s1. The number of aliphatic hydroxyl groups excluding tert-OH is 1. The third-order valence-corrected chi connectivity index (χ3v) is 3.63. The molecule has 0 aliphatic rings. The van der Waals surface area contributed by atoms with Gasteiger partial charge in [-0.15, -0.1) is 0 Å². The molecule has 0 fully saturated rings. The number of nitro groups is 1. The molecule has 0 radical (unpaired) electrons. The van der Waals surface area contributed by atoms with Gasteiger partial charge in [-0.05, 0) is 52.7 Å². The molecule has 0 aromatic heterocycles. The van der Waals surface area contributed by atoms with E-state index >= 15 is 0 Å². The summed E-state index contributed by atoms with van der Waals surface area (Å²) in [5.41, 5.74) is 0.494. The van der Waals surface area contributed by atoms with Gasteiger partial charge in [-0.1, -0.05) is 17.7 Å². The first kappa shape index (κ1) is 15.8. The second-order valence-electron chi connectivity index (χ2n) is 4.34. The Morgan fingerprint density at radius 3 is 2.52 bits per heavy atom. The molecule has 2 aromatic carbocycles. The Labute approximate surface area is 134 Å². The first-order valence-corrected chi connectivity index (χ1v) is 7.15. The number of rotatable bonds is 4. The summed E-state index contributed by atoms with van der Waals surface area (Å²) in [4.78, 5) is 10.5. The van der Waals surface area contributed by atoms with E-state index in [4.69, 9.17) is 16.3 Å². The van der Waals surface area contributed by atoms with Crippen molar-refractivity contribution in [1.82, 2.24) is 0 Å². The number of nitrogens with zero attached hydrogens (tertiary/aromatic N) is 1. The number of nitro benzene ring substituents is 1. The summed E-state index contributed by atoms with van der Waals surface area (Å²) in [5.74, 6) is 0.500. The Morgan fingerprint density at radius 1 is 1.29 bits per heavy atom. The summed E-state index contributed by atoms with van der Waals surface area (Å²) in [6.45, 7) is 1.65. The fraction of sp³-hybridized carbons (Fsp3) is 0.143. The van der Waals surface area contributed by atoms with Gasteiger partial charge in [0.2, 0.25) is 5.75 Å². The fourth-order valence-corrected chi connectivity index (χ4v) is 2.34. The van der Waals surface area contributed by atoms with E-state index in [0.29, 0.717) is 15.8 Å². The minimum Gasteiger partial charge on any atom is -0.449 e. The van der Waals surface area contributed by atoms with Crippen LogP contribution in [0.1, 0.15) is 18.6 Å². The predicted molar refractivity (Wildman–Crippen MR) is 83.0 cm³/mol. The van der Waals surface area contributed by atoms with Gasteiger partial charge < -0.3 is 9.84 Å². The van der Waals surface area contributed by atoms with Crippen LogP contribution >= 0.6 is 27.5 Å². The molecule has 5 nitrogen and oxygen atoms in total. The molecule has 0 spiro atoms. The quantitative estimate of drug-likeness (QED) is 0.614. The van der Waals surface area contributed by atoms with E-state index in [-0.39, 0.29) is 16.5 Å². The van der Waals surface area contributed by atoms with Crippen molar-refractivity contribution in [1.29, 1.82) is 0 Å². The van der Waals surface area contributed by atoms with Crippen LogP contribution in [0.25, 0.3) is 0 Å². The first-order valence-electron chi connectivity index (χ1n) is 5.98. The number of halogens is 2. The number of benzene rings is 2. The number of hydrogen-bond acceptors (Lipinski definition) is 4. The number of aliphatic hydroxyl groups is 1. The van der Waals surface area contributed by atoms with Gasteiger partial charge in [0.1, 0.15) is 5.75 Å². The van der Waals surface area contributed by atoms with E-state index in [2.05, 4.69) is 15.9 Å². The summed E-state index contributed by atoms with van der Waals surface area (Å²) in [7, 11) is 0. The van der Waals surface area contributed by atoms with Gasteiger partial charge in [0.15, 0.2) is 0 Å². The van der Waals surface area contributed by atoms with Crippen LogP contribution < -0.4 is 4.74 Å². The molecule has 0 aliphatic carbocycles. The molecule has 1 atom stereocenters. The topological polar surface area (TPSA) is 72.6 Å². The smallest absolute Gasteiger partial charge is 0.313 e. The molecule has 0 saturated heterocycles. The third kappa shape index (κ3) is 3.72. The molecule has 0 heterocycles. The van der Waals surface area contributed by atoms with Gasteiger partial charge in [-0.2, -0.15) is 0 Å². The summed E-state index contributed by atoms with van der Waals surface area (Å²) in [6, 6.07) is 9.20. The van der Waals surface area contributed by atoms with Crippen LogP contribution in [0.3, 0.4) is 0 Å². The summed E-state index contributed by atoms with van der Waals surface area (Å²) < 4.78 is 6.15. The van der Waals surface area contributed by atoms with Gasteiger partial charge in [-0.25, -0.2) is 0 Å². The summed E-state index contributed by atoms with van der Waals surface area (Å²) in [5, 5.41) is 20.8. The summed E-state index contributed by atoms with van der Waals surface area (Å²) >= 11 is 9.07.